The number of amides is 2. The zero-order chi connectivity index (χ0) is 22.0. The molecule has 0 saturated carbocycles. The molecule has 1 unspecified atom stereocenters. The zero-order valence-electron chi connectivity index (χ0n) is 17.5. The highest BCUT2D eigenvalue weighted by molar-refractivity contribution is 5.84. The van der Waals surface area contributed by atoms with Gasteiger partial charge < -0.3 is 20.1 Å². The molecule has 1 heterocycles. The molecule has 2 amide bonds. The Kier molecular flexibility index (Phi) is 5.67. The summed E-state index contributed by atoms with van der Waals surface area (Å²) in [7, 11) is 0. The Hall–Kier alpha value is -3.35. The van der Waals surface area contributed by atoms with Crippen LogP contribution in [0.25, 0.3) is 11.1 Å². The number of ether oxygens (including phenoxy) is 1. The highest BCUT2D eigenvalue weighted by Crippen LogP contribution is 2.44. The topological polar surface area (TPSA) is 95.9 Å². The molecule has 0 radical (unpaired) electrons. The number of fused-ring (bicyclic) bond motifs is 3. The summed E-state index contributed by atoms with van der Waals surface area (Å²) in [4.78, 5) is 37.7. The molecule has 0 bridgehead atoms. The van der Waals surface area contributed by atoms with Crippen LogP contribution >= 0.6 is 0 Å². The van der Waals surface area contributed by atoms with Crippen molar-refractivity contribution in [1.29, 1.82) is 0 Å². The first-order valence-electron chi connectivity index (χ1n) is 10.6. The number of nitrogens with one attached hydrogen (secondary N) is 1. The fourth-order valence-electron chi connectivity index (χ4n) is 4.61. The molecule has 31 heavy (non-hydrogen) atoms. The van der Waals surface area contributed by atoms with Gasteiger partial charge in [0.2, 0.25) is 5.91 Å². The number of benzene rings is 2. The summed E-state index contributed by atoms with van der Waals surface area (Å²) in [5.74, 6) is -1.23. The number of hydrogen-bond donors (Lipinski definition) is 2. The Bertz CT molecular complexity index is 975. The van der Waals surface area contributed by atoms with Crippen LogP contribution in [0.4, 0.5) is 4.79 Å². The molecule has 2 aliphatic rings. The van der Waals surface area contributed by atoms with E-state index >= 15 is 0 Å². The fourth-order valence-corrected chi connectivity index (χ4v) is 4.61. The maximum Gasteiger partial charge on any atom is 0.407 e. The van der Waals surface area contributed by atoms with E-state index in [0.717, 1.165) is 22.3 Å². The van der Waals surface area contributed by atoms with Gasteiger partial charge in [0, 0.05) is 19.0 Å². The van der Waals surface area contributed by atoms with Gasteiger partial charge in [-0.05, 0) is 35.1 Å². The van der Waals surface area contributed by atoms with Crippen molar-refractivity contribution in [2.75, 3.05) is 26.2 Å². The summed E-state index contributed by atoms with van der Waals surface area (Å²) < 4.78 is 5.44. The number of aliphatic carboxylic acids is 1. The average molecular weight is 422 g/mol. The number of nitrogens with zero attached hydrogens (tertiary/aromatic N) is 1. The van der Waals surface area contributed by atoms with E-state index in [1.807, 2.05) is 43.3 Å². The molecule has 1 fully saturated rings. The van der Waals surface area contributed by atoms with E-state index in [2.05, 4.69) is 17.4 Å². The van der Waals surface area contributed by atoms with Gasteiger partial charge in [0.1, 0.15) is 13.2 Å². The second kappa shape index (κ2) is 8.41. The number of alkyl carbamates (subject to hydrolysis) is 1. The fraction of sp³-hybridized carbons (Fsp3) is 0.375. The summed E-state index contributed by atoms with van der Waals surface area (Å²) in [6, 6.07) is 16.1. The maximum absolute atomic E-state index is 12.4. The van der Waals surface area contributed by atoms with E-state index in [0.29, 0.717) is 19.4 Å². The monoisotopic (exact) mass is 422 g/mol. The van der Waals surface area contributed by atoms with Gasteiger partial charge in [-0.3, -0.25) is 9.59 Å². The van der Waals surface area contributed by atoms with Gasteiger partial charge in [0.05, 0.1) is 5.41 Å². The largest absolute Gasteiger partial charge is 0.481 e. The van der Waals surface area contributed by atoms with Gasteiger partial charge in [-0.1, -0.05) is 55.5 Å². The van der Waals surface area contributed by atoms with Crippen LogP contribution in [0.15, 0.2) is 48.5 Å². The van der Waals surface area contributed by atoms with Crippen LogP contribution in [-0.2, 0) is 14.3 Å². The molecule has 2 aromatic carbocycles. The number of carboxylic acid groups (broad SMARTS) is 1. The number of carbonyl (C=O) groups is 3. The standard InChI is InChI=1S/C24H26N2O5/c1-2-24(22(28)29)11-12-26(15-24)21(27)13-25-23(30)31-14-20-18-9-5-3-7-16(18)17-8-4-6-10-19(17)20/h3-10,20H,2,11-15H2,1H3,(H,25,30)(H,28,29). The normalized spacial score (nSPS) is 19.6. The smallest absolute Gasteiger partial charge is 0.407 e. The summed E-state index contributed by atoms with van der Waals surface area (Å²) in [6.07, 6.45) is 0.232. The SMILES string of the molecule is CCC1(C(=O)O)CCN(C(=O)CNC(=O)OCC2c3ccccc3-c3ccccc32)C1. The molecule has 1 atom stereocenters. The Morgan fingerprint density at radius 3 is 2.26 bits per heavy atom. The highest BCUT2D eigenvalue weighted by Gasteiger charge is 2.44. The Morgan fingerprint density at radius 2 is 1.71 bits per heavy atom. The minimum Gasteiger partial charge on any atom is -0.481 e. The molecule has 162 valence electrons. The highest BCUT2D eigenvalue weighted by atomic mass is 16.5. The lowest BCUT2D eigenvalue weighted by atomic mass is 9.84. The third-order valence-electron chi connectivity index (χ3n) is 6.56. The molecule has 0 aromatic heterocycles. The van der Waals surface area contributed by atoms with E-state index in [-0.39, 0.29) is 31.5 Å². The van der Waals surface area contributed by atoms with Gasteiger partial charge in [-0.2, -0.15) is 0 Å². The summed E-state index contributed by atoms with van der Waals surface area (Å²) >= 11 is 0. The van der Waals surface area contributed by atoms with Gasteiger partial charge >= 0.3 is 12.1 Å². The molecule has 0 spiro atoms. The predicted molar refractivity (Wildman–Crippen MR) is 115 cm³/mol. The van der Waals surface area contributed by atoms with Crippen LogP contribution in [0.5, 0.6) is 0 Å². The summed E-state index contributed by atoms with van der Waals surface area (Å²) in [5, 5.41) is 12.0. The summed E-state index contributed by atoms with van der Waals surface area (Å²) in [6.45, 7) is 2.33. The lowest BCUT2D eigenvalue weighted by molar-refractivity contribution is -0.148. The van der Waals surface area contributed by atoms with Crippen molar-refractivity contribution in [3.63, 3.8) is 0 Å². The van der Waals surface area contributed by atoms with E-state index in [1.54, 1.807) is 0 Å². The van der Waals surface area contributed by atoms with Crippen LogP contribution in [0.1, 0.15) is 36.8 Å². The van der Waals surface area contributed by atoms with Crippen molar-refractivity contribution < 1.29 is 24.2 Å². The van der Waals surface area contributed by atoms with Crippen molar-refractivity contribution >= 4 is 18.0 Å². The van der Waals surface area contributed by atoms with Gasteiger partial charge in [0.25, 0.3) is 0 Å². The van der Waals surface area contributed by atoms with Gasteiger partial charge in [-0.15, -0.1) is 0 Å². The van der Waals surface area contributed by atoms with Crippen molar-refractivity contribution in [1.82, 2.24) is 10.2 Å². The van der Waals surface area contributed by atoms with Crippen molar-refractivity contribution in [3.8, 4) is 11.1 Å². The molecular weight excluding hydrogens is 396 g/mol. The van der Waals surface area contributed by atoms with Crippen LogP contribution in [0.3, 0.4) is 0 Å². The number of carbonyl (C=O) groups excluding carboxylic acids is 2. The number of rotatable bonds is 6. The van der Waals surface area contributed by atoms with E-state index < -0.39 is 17.5 Å². The molecule has 4 rings (SSSR count). The first-order chi connectivity index (χ1) is 14.9. The quantitative estimate of drug-likeness (QED) is 0.745. The zero-order valence-corrected chi connectivity index (χ0v) is 17.5. The molecule has 7 nitrogen and oxygen atoms in total. The van der Waals surface area contributed by atoms with Crippen LogP contribution < -0.4 is 5.32 Å². The molecule has 1 saturated heterocycles. The second-order valence-corrected chi connectivity index (χ2v) is 8.18. The minimum atomic E-state index is -0.889. The van der Waals surface area contributed by atoms with Crippen molar-refractivity contribution in [3.05, 3.63) is 59.7 Å². The number of hydrogen-bond acceptors (Lipinski definition) is 4. The van der Waals surface area contributed by atoms with Crippen LogP contribution in [0, 0.1) is 5.41 Å². The third-order valence-corrected chi connectivity index (χ3v) is 6.56. The molecular formula is C24H26N2O5. The Morgan fingerprint density at radius 1 is 1.10 bits per heavy atom. The van der Waals surface area contributed by atoms with Crippen molar-refractivity contribution in [2.24, 2.45) is 5.41 Å². The minimum absolute atomic E-state index is 0.0480. The van der Waals surface area contributed by atoms with E-state index in [1.165, 1.54) is 4.90 Å². The Labute approximate surface area is 181 Å². The third kappa shape index (κ3) is 3.87. The average Bonchev–Trinajstić information content (AvgIpc) is 3.37. The molecule has 1 aliphatic carbocycles. The van der Waals surface area contributed by atoms with Crippen molar-refractivity contribution in [2.45, 2.75) is 25.7 Å². The lowest BCUT2D eigenvalue weighted by Crippen LogP contribution is -2.41. The van der Waals surface area contributed by atoms with Gasteiger partial charge in [0.15, 0.2) is 0 Å². The maximum atomic E-state index is 12.4. The van der Waals surface area contributed by atoms with Crippen LogP contribution in [-0.4, -0.2) is 54.2 Å². The molecule has 7 heteroatoms. The first-order valence-corrected chi connectivity index (χ1v) is 10.6. The summed E-state index contributed by atoms with van der Waals surface area (Å²) in [5.41, 5.74) is 3.64. The molecule has 1 aliphatic heterocycles. The Balaban J connectivity index is 1.32. The molecule has 2 aromatic rings. The first kappa shape index (κ1) is 20.9. The molecule has 2 N–H and O–H groups in total. The van der Waals surface area contributed by atoms with Gasteiger partial charge in [-0.25, -0.2) is 4.79 Å². The number of likely N-dealkylation sites (tertiary alicyclic amines) is 1. The lowest BCUT2D eigenvalue weighted by Gasteiger charge is -2.23. The van der Waals surface area contributed by atoms with E-state index in [9.17, 15) is 19.5 Å². The van der Waals surface area contributed by atoms with E-state index in [4.69, 9.17) is 4.74 Å². The predicted octanol–water partition coefficient (Wildman–Crippen LogP) is 3.24. The van der Waals surface area contributed by atoms with Crippen LogP contribution in [0.2, 0.25) is 0 Å². The second-order valence-electron chi connectivity index (χ2n) is 8.18. The number of carboxylic acids is 1.